The molecule has 0 aromatic rings. The van der Waals surface area contributed by atoms with Gasteiger partial charge in [-0.25, -0.2) is 0 Å². The third-order valence-electron chi connectivity index (χ3n) is 2.04. The minimum atomic E-state index is -1.14. The maximum atomic E-state index is 11.4. The maximum Gasteiger partial charge on any atom is 0.326 e. The second-order valence-electron chi connectivity index (χ2n) is 3.66. The van der Waals surface area contributed by atoms with Crippen LogP contribution in [0.4, 0.5) is 0 Å². The fourth-order valence-electron chi connectivity index (χ4n) is 1.23. The molecular weight excluding hydrogens is 182 g/mol. The van der Waals surface area contributed by atoms with Crippen LogP contribution in [-0.2, 0) is 9.53 Å². The summed E-state index contributed by atoms with van der Waals surface area (Å²) in [5.74, 6) is -0.591. The number of aliphatic hydroxyl groups is 1. The van der Waals surface area contributed by atoms with E-state index in [1.807, 2.05) is 6.07 Å². The molecule has 4 nitrogen and oxygen atoms in total. The molecule has 0 rings (SSSR count). The Kier molecular flexibility index (Phi) is 5.18. The van der Waals surface area contributed by atoms with Crippen molar-refractivity contribution in [3.8, 4) is 6.07 Å². The molecule has 0 aromatic heterocycles. The molecule has 0 spiro atoms. The molecule has 0 aliphatic heterocycles. The average molecular weight is 199 g/mol. The molecule has 80 valence electrons. The summed E-state index contributed by atoms with van der Waals surface area (Å²) < 4.78 is 4.80. The van der Waals surface area contributed by atoms with Crippen molar-refractivity contribution >= 4 is 5.97 Å². The van der Waals surface area contributed by atoms with E-state index in [0.717, 1.165) is 0 Å². The summed E-state index contributed by atoms with van der Waals surface area (Å²) in [6, 6.07) is 1.94. The van der Waals surface area contributed by atoms with E-state index in [1.165, 1.54) is 6.92 Å². The van der Waals surface area contributed by atoms with E-state index in [-0.39, 0.29) is 19.1 Å². The van der Waals surface area contributed by atoms with Crippen LogP contribution in [0.15, 0.2) is 0 Å². The first-order valence-corrected chi connectivity index (χ1v) is 4.69. The third-order valence-corrected chi connectivity index (χ3v) is 2.04. The SMILES string of the molecule is CCOC(=O)C(C)(C#N)CC(C)CO. The van der Waals surface area contributed by atoms with Crippen LogP contribution < -0.4 is 0 Å². The average Bonchev–Trinajstić information content (AvgIpc) is 2.17. The highest BCUT2D eigenvalue weighted by Crippen LogP contribution is 2.26. The van der Waals surface area contributed by atoms with Gasteiger partial charge in [0.15, 0.2) is 5.41 Å². The lowest BCUT2D eigenvalue weighted by Gasteiger charge is -2.21. The summed E-state index contributed by atoms with van der Waals surface area (Å²) in [6.07, 6.45) is 0.318. The predicted molar refractivity (Wildman–Crippen MR) is 51.2 cm³/mol. The minimum absolute atomic E-state index is 0.0311. The van der Waals surface area contributed by atoms with Crippen LogP contribution in [-0.4, -0.2) is 24.3 Å². The highest BCUT2D eigenvalue weighted by atomic mass is 16.5. The summed E-state index contributed by atoms with van der Waals surface area (Å²) >= 11 is 0. The summed E-state index contributed by atoms with van der Waals surface area (Å²) in [7, 11) is 0. The molecule has 0 saturated heterocycles. The zero-order valence-electron chi connectivity index (χ0n) is 8.91. The standard InChI is InChI=1S/C10H17NO3/c1-4-14-9(13)10(3,7-11)5-8(2)6-12/h8,12H,4-6H2,1-3H3. The van der Waals surface area contributed by atoms with Crippen molar-refractivity contribution < 1.29 is 14.6 Å². The van der Waals surface area contributed by atoms with Gasteiger partial charge in [-0.2, -0.15) is 5.26 Å². The number of nitriles is 1. The van der Waals surface area contributed by atoms with Gasteiger partial charge in [0.05, 0.1) is 12.7 Å². The quantitative estimate of drug-likeness (QED) is 0.673. The zero-order chi connectivity index (χ0) is 11.2. The Morgan fingerprint density at radius 3 is 2.64 bits per heavy atom. The number of hydrogen-bond donors (Lipinski definition) is 1. The van der Waals surface area contributed by atoms with E-state index < -0.39 is 11.4 Å². The molecule has 0 radical (unpaired) electrons. The zero-order valence-corrected chi connectivity index (χ0v) is 8.91. The van der Waals surface area contributed by atoms with Gasteiger partial charge in [0, 0.05) is 6.61 Å². The van der Waals surface area contributed by atoms with Gasteiger partial charge >= 0.3 is 5.97 Å². The van der Waals surface area contributed by atoms with Gasteiger partial charge in [0.1, 0.15) is 0 Å². The second kappa shape index (κ2) is 5.61. The van der Waals surface area contributed by atoms with E-state index in [0.29, 0.717) is 6.42 Å². The Morgan fingerprint density at radius 2 is 2.29 bits per heavy atom. The number of aliphatic hydroxyl groups excluding tert-OH is 1. The van der Waals surface area contributed by atoms with Crippen molar-refractivity contribution in [3.05, 3.63) is 0 Å². The van der Waals surface area contributed by atoms with Crippen LogP contribution >= 0.6 is 0 Å². The minimum Gasteiger partial charge on any atom is -0.465 e. The smallest absolute Gasteiger partial charge is 0.326 e. The molecular formula is C10H17NO3. The number of carbonyl (C=O) groups excluding carboxylic acids is 1. The van der Waals surface area contributed by atoms with Crippen molar-refractivity contribution in [2.24, 2.45) is 11.3 Å². The van der Waals surface area contributed by atoms with E-state index in [1.54, 1.807) is 13.8 Å². The topological polar surface area (TPSA) is 70.3 Å². The molecule has 4 heteroatoms. The van der Waals surface area contributed by atoms with Crippen molar-refractivity contribution in [1.29, 1.82) is 5.26 Å². The van der Waals surface area contributed by atoms with E-state index in [9.17, 15) is 4.79 Å². The number of ether oxygens (including phenoxy) is 1. The molecule has 0 bridgehead atoms. The summed E-state index contributed by atoms with van der Waals surface area (Å²) in [5.41, 5.74) is -1.14. The number of esters is 1. The molecule has 0 fully saturated rings. The van der Waals surface area contributed by atoms with Crippen molar-refractivity contribution in [2.45, 2.75) is 27.2 Å². The highest BCUT2D eigenvalue weighted by molar-refractivity contribution is 5.79. The van der Waals surface area contributed by atoms with Gasteiger partial charge in [-0.1, -0.05) is 6.92 Å². The van der Waals surface area contributed by atoms with E-state index >= 15 is 0 Å². The van der Waals surface area contributed by atoms with Gasteiger partial charge in [-0.15, -0.1) is 0 Å². The summed E-state index contributed by atoms with van der Waals surface area (Å²) in [6.45, 7) is 5.26. The van der Waals surface area contributed by atoms with Gasteiger partial charge in [0.2, 0.25) is 0 Å². The van der Waals surface area contributed by atoms with Crippen LogP contribution in [0.3, 0.4) is 0 Å². The Morgan fingerprint density at radius 1 is 1.71 bits per heavy atom. The van der Waals surface area contributed by atoms with Gasteiger partial charge < -0.3 is 9.84 Å². The summed E-state index contributed by atoms with van der Waals surface area (Å²) in [5, 5.41) is 17.7. The first-order valence-electron chi connectivity index (χ1n) is 4.69. The summed E-state index contributed by atoms with van der Waals surface area (Å²) in [4.78, 5) is 11.4. The second-order valence-corrected chi connectivity index (χ2v) is 3.66. The Hall–Kier alpha value is -1.08. The lowest BCUT2D eigenvalue weighted by molar-refractivity contribution is -0.152. The molecule has 14 heavy (non-hydrogen) atoms. The fraction of sp³-hybridized carbons (Fsp3) is 0.800. The normalized spacial score (nSPS) is 16.5. The van der Waals surface area contributed by atoms with Crippen molar-refractivity contribution in [3.63, 3.8) is 0 Å². The van der Waals surface area contributed by atoms with Crippen LogP contribution in [0.5, 0.6) is 0 Å². The fourth-order valence-corrected chi connectivity index (χ4v) is 1.23. The number of carbonyl (C=O) groups is 1. The van der Waals surface area contributed by atoms with Gasteiger partial charge in [0.25, 0.3) is 0 Å². The first kappa shape index (κ1) is 12.9. The maximum absolute atomic E-state index is 11.4. The lowest BCUT2D eigenvalue weighted by atomic mass is 9.83. The van der Waals surface area contributed by atoms with Crippen molar-refractivity contribution in [1.82, 2.24) is 0 Å². The Labute approximate surface area is 84.5 Å². The van der Waals surface area contributed by atoms with E-state index in [4.69, 9.17) is 15.1 Å². The van der Waals surface area contributed by atoms with Gasteiger partial charge in [-0.05, 0) is 26.2 Å². The molecule has 0 aliphatic carbocycles. The molecule has 0 saturated carbocycles. The third kappa shape index (κ3) is 3.35. The Bertz CT molecular complexity index is 234. The lowest BCUT2D eigenvalue weighted by Crippen LogP contribution is -2.31. The van der Waals surface area contributed by atoms with Crippen LogP contribution in [0, 0.1) is 22.7 Å². The molecule has 0 amide bonds. The molecule has 1 N–H and O–H groups in total. The van der Waals surface area contributed by atoms with Crippen LogP contribution in [0.1, 0.15) is 27.2 Å². The molecule has 0 heterocycles. The number of rotatable bonds is 5. The highest BCUT2D eigenvalue weighted by Gasteiger charge is 2.36. The molecule has 0 aliphatic rings. The monoisotopic (exact) mass is 199 g/mol. The molecule has 2 unspecified atom stereocenters. The predicted octanol–water partition coefficient (Wildman–Crippen LogP) is 1.10. The van der Waals surface area contributed by atoms with Crippen LogP contribution in [0.25, 0.3) is 0 Å². The van der Waals surface area contributed by atoms with E-state index in [2.05, 4.69) is 0 Å². The van der Waals surface area contributed by atoms with Crippen LogP contribution in [0.2, 0.25) is 0 Å². The van der Waals surface area contributed by atoms with Gasteiger partial charge in [-0.3, -0.25) is 4.79 Å². The Balaban J connectivity index is 4.48. The number of hydrogen-bond acceptors (Lipinski definition) is 4. The first-order chi connectivity index (χ1) is 6.50. The largest absolute Gasteiger partial charge is 0.465 e. The van der Waals surface area contributed by atoms with Crippen molar-refractivity contribution in [2.75, 3.05) is 13.2 Å². The number of nitrogens with zero attached hydrogens (tertiary/aromatic N) is 1. The molecule has 0 aromatic carbocycles. The molecule has 2 atom stereocenters.